The Hall–Kier alpha value is -1.35. The van der Waals surface area contributed by atoms with Crippen LogP contribution in [-0.4, -0.2) is 36.5 Å². The van der Waals surface area contributed by atoms with Crippen LogP contribution >= 0.6 is 0 Å². The molecule has 0 aromatic heterocycles. The van der Waals surface area contributed by atoms with Crippen molar-refractivity contribution in [2.75, 3.05) is 19.6 Å². The lowest BCUT2D eigenvalue weighted by molar-refractivity contribution is -0.121. The number of rotatable bonds is 8. The van der Waals surface area contributed by atoms with E-state index in [-0.39, 0.29) is 5.91 Å². The van der Waals surface area contributed by atoms with Crippen LogP contribution in [0.4, 0.5) is 0 Å². The van der Waals surface area contributed by atoms with Crippen LogP contribution in [0.15, 0.2) is 30.3 Å². The van der Waals surface area contributed by atoms with Gasteiger partial charge in [0.05, 0.1) is 0 Å². The molecule has 1 aromatic rings. The highest BCUT2D eigenvalue weighted by Gasteiger charge is 2.22. The Bertz CT molecular complexity index is 412. The lowest BCUT2D eigenvalue weighted by atomic mass is 10.0. The molecule has 1 aromatic carbocycles. The first-order chi connectivity index (χ1) is 10.3. The Kier molecular flexibility index (Phi) is 6.74. The van der Waals surface area contributed by atoms with Gasteiger partial charge in [0.2, 0.25) is 5.91 Å². The highest BCUT2D eigenvalue weighted by atomic mass is 16.1. The van der Waals surface area contributed by atoms with E-state index >= 15 is 0 Å². The summed E-state index contributed by atoms with van der Waals surface area (Å²) in [6.07, 6.45) is 6.32. The first kappa shape index (κ1) is 16.0. The molecule has 0 bridgehead atoms. The minimum Gasteiger partial charge on any atom is -0.355 e. The summed E-state index contributed by atoms with van der Waals surface area (Å²) in [7, 11) is 0. The number of carbonyl (C=O) groups excluding carboxylic acids is 1. The van der Waals surface area contributed by atoms with E-state index in [9.17, 15) is 4.79 Å². The van der Waals surface area contributed by atoms with Gasteiger partial charge in [-0.1, -0.05) is 43.7 Å². The van der Waals surface area contributed by atoms with Crippen molar-refractivity contribution in [1.82, 2.24) is 10.2 Å². The molecule has 1 amide bonds. The van der Waals surface area contributed by atoms with Crippen molar-refractivity contribution in [2.45, 2.75) is 51.5 Å². The second kappa shape index (κ2) is 8.83. The largest absolute Gasteiger partial charge is 0.355 e. The SMILES string of the molecule is CCCCC(=O)NCC(Cc1ccccc1)N1CCCC1. The van der Waals surface area contributed by atoms with Crippen LogP contribution in [-0.2, 0) is 11.2 Å². The normalized spacial score (nSPS) is 16.8. The maximum Gasteiger partial charge on any atom is 0.220 e. The number of carbonyl (C=O) groups is 1. The second-order valence-corrected chi connectivity index (χ2v) is 5.99. The molecule has 1 fully saturated rings. The van der Waals surface area contributed by atoms with Crippen LogP contribution in [0, 0.1) is 0 Å². The van der Waals surface area contributed by atoms with Crippen molar-refractivity contribution in [3.8, 4) is 0 Å². The van der Waals surface area contributed by atoms with Gasteiger partial charge in [-0.25, -0.2) is 0 Å². The summed E-state index contributed by atoms with van der Waals surface area (Å²) in [6.45, 7) is 5.23. The molecule has 1 saturated heterocycles. The Balaban J connectivity index is 1.88. The van der Waals surface area contributed by atoms with Gasteiger partial charge in [0, 0.05) is 19.0 Å². The van der Waals surface area contributed by atoms with E-state index < -0.39 is 0 Å². The van der Waals surface area contributed by atoms with Gasteiger partial charge in [-0.3, -0.25) is 9.69 Å². The third kappa shape index (κ3) is 5.50. The van der Waals surface area contributed by atoms with Gasteiger partial charge in [0.1, 0.15) is 0 Å². The molecule has 1 N–H and O–H groups in total. The first-order valence-corrected chi connectivity index (χ1v) is 8.34. The topological polar surface area (TPSA) is 32.3 Å². The van der Waals surface area contributed by atoms with Crippen LogP contribution in [0.5, 0.6) is 0 Å². The van der Waals surface area contributed by atoms with Gasteiger partial charge in [0.25, 0.3) is 0 Å². The van der Waals surface area contributed by atoms with Crippen LogP contribution in [0.2, 0.25) is 0 Å². The number of amides is 1. The Labute approximate surface area is 128 Å². The van der Waals surface area contributed by atoms with E-state index in [0.717, 1.165) is 25.8 Å². The van der Waals surface area contributed by atoms with E-state index in [0.29, 0.717) is 12.5 Å². The Morgan fingerprint density at radius 2 is 1.95 bits per heavy atom. The number of benzene rings is 1. The van der Waals surface area contributed by atoms with Gasteiger partial charge < -0.3 is 5.32 Å². The predicted octanol–water partition coefficient (Wildman–Crippen LogP) is 3.00. The van der Waals surface area contributed by atoms with Gasteiger partial charge in [-0.05, 0) is 44.3 Å². The van der Waals surface area contributed by atoms with Gasteiger partial charge in [-0.15, -0.1) is 0 Å². The maximum atomic E-state index is 11.8. The molecule has 1 heterocycles. The monoisotopic (exact) mass is 288 g/mol. The van der Waals surface area contributed by atoms with Crippen molar-refractivity contribution in [2.24, 2.45) is 0 Å². The van der Waals surface area contributed by atoms with E-state index in [1.807, 2.05) is 0 Å². The van der Waals surface area contributed by atoms with Crippen LogP contribution in [0.3, 0.4) is 0 Å². The Morgan fingerprint density at radius 1 is 1.24 bits per heavy atom. The molecule has 2 rings (SSSR count). The van der Waals surface area contributed by atoms with Crippen LogP contribution < -0.4 is 5.32 Å². The molecule has 1 aliphatic rings. The predicted molar refractivity (Wildman–Crippen MR) is 87.3 cm³/mol. The van der Waals surface area contributed by atoms with Crippen molar-refractivity contribution in [3.63, 3.8) is 0 Å². The van der Waals surface area contributed by atoms with Crippen molar-refractivity contribution >= 4 is 5.91 Å². The van der Waals surface area contributed by atoms with Crippen LogP contribution in [0.1, 0.15) is 44.6 Å². The van der Waals surface area contributed by atoms with E-state index in [2.05, 4.69) is 47.5 Å². The zero-order valence-electron chi connectivity index (χ0n) is 13.2. The minimum absolute atomic E-state index is 0.203. The fourth-order valence-electron chi connectivity index (χ4n) is 2.98. The fraction of sp³-hybridized carbons (Fsp3) is 0.611. The maximum absolute atomic E-state index is 11.8. The smallest absolute Gasteiger partial charge is 0.220 e. The van der Waals surface area contributed by atoms with Gasteiger partial charge in [-0.2, -0.15) is 0 Å². The number of unbranched alkanes of at least 4 members (excludes halogenated alkanes) is 1. The molecule has 21 heavy (non-hydrogen) atoms. The molecule has 0 radical (unpaired) electrons. The number of nitrogens with one attached hydrogen (secondary N) is 1. The summed E-state index contributed by atoms with van der Waals surface area (Å²) in [4.78, 5) is 14.4. The third-order valence-electron chi connectivity index (χ3n) is 4.26. The van der Waals surface area contributed by atoms with Crippen molar-refractivity contribution in [3.05, 3.63) is 35.9 Å². The number of likely N-dealkylation sites (tertiary alicyclic amines) is 1. The summed E-state index contributed by atoms with van der Waals surface area (Å²) in [5.41, 5.74) is 1.36. The quantitative estimate of drug-likeness (QED) is 0.797. The second-order valence-electron chi connectivity index (χ2n) is 5.99. The average molecular weight is 288 g/mol. The standard InChI is InChI=1S/C18H28N2O/c1-2-3-11-18(21)19-15-17(20-12-7-8-13-20)14-16-9-5-4-6-10-16/h4-6,9-10,17H,2-3,7-8,11-15H2,1H3,(H,19,21). The Morgan fingerprint density at radius 3 is 2.62 bits per heavy atom. The van der Waals surface area contributed by atoms with E-state index in [1.165, 1.54) is 31.5 Å². The van der Waals surface area contributed by atoms with Crippen molar-refractivity contribution < 1.29 is 4.79 Å². The molecule has 116 valence electrons. The molecule has 1 unspecified atom stereocenters. The molecule has 1 atom stereocenters. The zero-order valence-corrected chi connectivity index (χ0v) is 13.2. The molecule has 0 saturated carbocycles. The van der Waals surface area contributed by atoms with E-state index in [4.69, 9.17) is 0 Å². The average Bonchev–Trinajstić information content (AvgIpc) is 3.04. The van der Waals surface area contributed by atoms with E-state index in [1.54, 1.807) is 0 Å². The van der Waals surface area contributed by atoms with Gasteiger partial charge >= 0.3 is 0 Å². The lowest BCUT2D eigenvalue weighted by Gasteiger charge is -2.28. The van der Waals surface area contributed by atoms with Crippen molar-refractivity contribution in [1.29, 1.82) is 0 Å². The summed E-state index contributed by atoms with van der Waals surface area (Å²) in [6, 6.07) is 11.0. The zero-order chi connectivity index (χ0) is 14.9. The summed E-state index contributed by atoms with van der Waals surface area (Å²) < 4.78 is 0. The molecular weight excluding hydrogens is 260 g/mol. The summed E-state index contributed by atoms with van der Waals surface area (Å²) in [5, 5.41) is 3.13. The summed E-state index contributed by atoms with van der Waals surface area (Å²) in [5.74, 6) is 0.203. The lowest BCUT2D eigenvalue weighted by Crippen LogP contribution is -2.43. The molecule has 3 heteroatoms. The third-order valence-corrected chi connectivity index (χ3v) is 4.26. The molecule has 1 aliphatic heterocycles. The number of nitrogens with zero attached hydrogens (tertiary/aromatic N) is 1. The molecule has 3 nitrogen and oxygen atoms in total. The van der Waals surface area contributed by atoms with Gasteiger partial charge in [0.15, 0.2) is 0 Å². The number of hydrogen-bond acceptors (Lipinski definition) is 2. The first-order valence-electron chi connectivity index (χ1n) is 8.34. The molecule has 0 spiro atoms. The molecule has 0 aliphatic carbocycles. The minimum atomic E-state index is 0.203. The molecular formula is C18H28N2O. The summed E-state index contributed by atoms with van der Waals surface area (Å²) >= 11 is 0. The van der Waals surface area contributed by atoms with Crippen LogP contribution in [0.25, 0.3) is 0 Å². The fourth-order valence-corrected chi connectivity index (χ4v) is 2.98. The highest BCUT2D eigenvalue weighted by molar-refractivity contribution is 5.75. The highest BCUT2D eigenvalue weighted by Crippen LogP contribution is 2.15. The number of hydrogen-bond donors (Lipinski definition) is 1.